The van der Waals surface area contributed by atoms with Gasteiger partial charge in [-0.05, 0) is 44.4 Å². The van der Waals surface area contributed by atoms with Gasteiger partial charge < -0.3 is 5.73 Å². The first kappa shape index (κ1) is 16.2. The van der Waals surface area contributed by atoms with Crippen molar-refractivity contribution in [1.29, 1.82) is 0 Å². The zero-order valence-electron chi connectivity index (χ0n) is 12.1. The minimum Gasteiger partial charge on any atom is -0.329 e. The zero-order chi connectivity index (χ0) is 14.7. The number of nitrogens with two attached hydrogens (primary N) is 1. The fourth-order valence-corrected chi connectivity index (χ4v) is 3.69. The van der Waals surface area contributed by atoms with E-state index in [4.69, 9.17) is 17.3 Å². The largest absolute Gasteiger partial charge is 0.329 e. The van der Waals surface area contributed by atoms with Crippen molar-refractivity contribution in [3.05, 3.63) is 33.3 Å². The number of piperidine rings is 1. The molecule has 3 atom stereocenters. The Morgan fingerprint density at radius 2 is 2.05 bits per heavy atom. The van der Waals surface area contributed by atoms with Crippen LogP contribution in [0, 0.1) is 0 Å². The van der Waals surface area contributed by atoms with E-state index < -0.39 is 0 Å². The van der Waals surface area contributed by atoms with Crippen LogP contribution in [-0.2, 0) is 0 Å². The first-order chi connectivity index (χ1) is 9.52. The normalized spacial score (nSPS) is 25.6. The molecule has 5 heteroatoms. The Morgan fingerprint density at radius 3 is 2.60 bits per heavy atom. The van der Waals surface area contributed by atoms with Crippen molar-refractivity contribution in [2.45, 2.75) is 51.2 Å². The molecule has 112 valence electrons. The lowest BCUT2D eigenvalue weighted by Crippen LogP contribution is -2.54. The summed E-state index contributed by atoms with van der Waals surface area (Å²) < 4.78 is 0.988. The van der Waals surface area contributed by atoms with Crippen molar-refractivity contribution in [3.8, 4) is 0 Å². The highest BCUT2D eigenvalue weighted by Crippen LogP contribution is 2.28. The second-order valence-electron chi connectivity index (χ2n) is 5.62. The van der Waals surface area contributed by atoms with Crippen molar-refractivity contribution in [1.82, 2.24) is 10.4 Å². The van der Waals surface area contributed by atoms with Crippen LogP contribution in [-0.4, -0.2) is 23.6 Å². The molecule has 1 aliphatic rings. The van der Waals surface area contributed by atoms with Crippen LogP contribution in [0.2, 0.25) is 5.02 Å². The SMILES string of the molecule is CC1CCCC(C)N1NC(CN)c1ccc(Br)cc1Cl. The molecular formula is C15H23BrClN3. The van der Waals surface area contributed by atoms with Gasteiger partial charge in [0.05, 0.1) is 6.04 Å². The van der Waals surface area contributed by atoms with E-state index in [1.807, 2.05) is 18.2 Å². The summed E-state index contributed by atoms with van der Waals surface area (Å²) in [4.78, 5) is 0. The third-order valence-electron chi connectivity index (χ3n) is 4.07. The van der Waals surface area contributed by atoms with Gasteiger partial charge in [0, 0.05) is 28.1 Å². The summed E-state index contributed by atoms with van der Waals surface area (Å²) in [5.41, 5.74) is 10.6. The van der Waals surface area contributed by atoms with Gasteiger partial charge in [-0.25, -0.2) is 10.4 Å². The smallest absolute Gasteiger partial charge is 0.0601 e. The minimum absolute atomic E-state index is 0.0543. The van der Waals surface area contributed by atoms with Crippen molar-refractivity contribution in [2.75, 3.05) is 6.54 Å². The van der Waals surface area contributed by atoms with Gasteiger partial charge in [0.1, 0.15) is 0 Å². The molecule has 3 N–H and O–H groups in total. The van der Waals surface area contributed by atoms with Crippen LogP contribution < -0.4 is 11.2 Å². The number of nitrogens with zero attached hydrogens (tertiary/aromatic N) is 1. The molecule has 1 heterocycles. The molecule has 0 bridgehead atoms. The molecule has 2 rings (SSSR count). The summed E-state index contributed by atoms with van der Waals surface area (Å²) in [5.74, 6) is 0. The summed E-state index contributed by atoms with van der Waals surface area (Å²) in [6, 6.07) is 7.08. The first-order valence-electron chi connectivity index (χ1n) is 7.22. The average Bonchev–Trinajstić information content (AvgIpc) is 2.40. The lowest BCUT2D eigenvalue weighted by Gasteiger charge is -2.41. The topological polar surface area (TPSA) is 41.3 Å². The van der Waals surface area contributed by atoms with Crippen molar-refractivity contribution in [3.63, 3.8) is 0 Å². The average molecular weight is 361 g/mol. The maximum absolute atomic E-state index is 6.35. The second kappa shape index (κ2) is 7.23. The van der Waals surface area contributed by atoms with E-state index in [1.54, 1.807) is 0 Å². The lowest BCUT2D eigenvalue weighted by atomic mass is 9.99. The summed E-state index contributed by atoms with van der Waals surface area (Å²) in [7, 11) is 0. The number of rotatable bonds is 4. The number of benzene rings is 1. The number of halogens is 2. The lowest BCUT2D eigenvalue weighted by molar-refractivity contribution is 0.0304. The maximum atomic E-state index is 6.35. The summed E-state index contributed by atoms with van der Waals surface area (Å²) in [6.45, 7) is 5.05. The Kier molecular flexibility index (Phi) is 5.87. The van der Waals surface area contributed by atoms with Crippen molar-refractivity contribution < 1.29 is 0 Å². The van der Waals surface area contributed by atoms with Crippen molar-refractivity contribution >= 4 is 27.5 Å². The van der Waals surface area contributed by atoms with E-state index >= 15 is 0 Å². The molecule has 0 saturated carbocycles. The molecule has 0 radical (unpaired) electrons. The molecule has 3 nitrogen and oxygen atoms in total. The molecular weight excluding hydrogens is 338 g/mol. The van der Waals surface area contributed by atoms with Gasteiger partial charge in [-0.1, -0.05) is 40.0 Å². The molecule has 0 amide bonds. The van der Waals surface area contributed by atoms with E-state index in [0.717, 1.165) is 15.1 Å². The molecule has 0 spiro atoms. The molecule has 1 aromatic rings. The zero-order valence-corrected chi connectivity index (χ0v) is 14.4. The molecule has 1 aliphatic heterocycles. The summed E-state index contributed by atoms with van der Waals surface area (Å²) in [5, 5.41) is 3.10. The number of hydrazine groups is 1. The molecule has 1 aromatic carbocycles. The Balaban J connectivity index is 2.15. The second-order valence-corrected chi connectivity index (χ2v) is 6.94. The summed E-state index contributed by atoms with van der Waals surface area (Å²) >= 11 is 9.79. The third-order valence-corrected chi connectivity index (χ3v) is 4.89. The highest BCUT2D eigenvalue weighted by molar-refractivity contribution is 9.10. The molecule has 20 heavy (non-hydrogen) atoms. The highest BCUT2D eigenvalue weighted by Gasteiger charge is 2.27. The van der Waals surface area contributed by atoms with Gasteiger partial charge in [-0.2, -0.15) is 0 Å². The third kappa shape index (κ3) is 3.74. The van der Waals surface area contributed by atoms with E-state index in [9.17, 15) is 0 Å². The van der Waals surface area contributed by atoms with Crippen LogP contribution in [0.25, 0.3) is 0 Å². The van der Waals surface area contributed by atoms with Gasteiger partial charge in [-0.3, -0.25) is 0 Å². The maximum Gasteiger partial charge on any atom is 0.0601 e. The minimum atomic E-state index is 0.0543. The fraction of sp³-hybridized carbons (Fsp3) is 0.600. The van der Waals surface area contributed by atoms with Crippen LogP contribution >= 0.6 is 27.5 Å². The summed E-state index contributed by atoms with van der Waals surface area (Å²) in [6.07, 6.45) is 3.75. The fourth-order valence-electron chi connectivity index (χ4n) is 2.89. The molecule has 1 fully saturated rings. The predicted molar refractivity (Wildman–Crippen MR) is 88.7 cm³/mol. The van der Waals surface area contributed by atoms with Crippen LogP contribution in [0.5, 0.6) is 0 Å². The Morgan fingerprint density at radius 1 is 1.40 bits per heavy atom. The van der Waals surface area contributed by atoms with Crippen LogP contribution in [0.1, 0.15) is 44.7 Å². The van der Waals surface area contributed by atoms with Crippen LogP contribution in [0.3, 0.4) is 0 Å². The van der Waals surface area contributed by atoms with E-state index in [0.29, 0.717) is 18.6 Å². The first-order valence-corrected chi connectivity index (χ1v) is 8.39. The monoisotopic (exact) mass is 359 g/mol. The van der Waals surface area contributed by atoms with Gasteiger partial charge in [0.2, 0.25) is 0 Å². The molecule has 0 aliphatic carbocycles. The molecule has 0 aromatic heterocycles. The van der Waals surface area contributed by atoms with Gasteiger partial charge >= 0.3 is 0 Å². The van der Waals surface area contributed by atoms with E-state index in [2.05, 4.69) is 40.2 Å². The van der Waals surface area contributed by atoms with Gasteiger partial charge in [-0.15, -0.1) is 0 Å². The predicted octanol–water partition coefficient (Wildman–Crippen LogP) is 3.87. The molecule has 3 unspecified atom stereocenters. The Hall–Kier alpha value is -0.130. The highest BCUT2D eigenvalue weighted by atomic mass is 79.9. The quantitative estimate of drug-likeness (QED) is 0.856. The Labute approximate surface area is 135 Å². The number of hydrogen-bond donors (Lipinski definition) is 2. The molecule has 1 saturated heterocycles. The van der Waals surface area contributed by atoms with E-state index in [-0.39, 0.29) is 6.04 Å². The van der Waals surface area contributed by atoms with Crippen LogP contribution in [0.15, 0.2) is 22.7 Å². The van der Waals surface area contributed by atoms with Gasteiger partial charge in [0.15, 0.2) is 0 Å². The van der Waals surface area contributed by atoms with Crippen molar-refractivity contribution in [2.24, 2.45) is 5.73 Å². The van der Waals surface area contributed by atoms with Gasteiger partial charge in [0.25, 0.3) is 0 Å². The van der Waals surface area contributed by atoms with E-state index in [1.165, 1.54) is 19.3 Å². The van der Waals surface area contributed by atoms with Crippen LogP contribution in [0.4, 0.5) is 0 Å². The standard InChI is InChI=1S/C15H23BrClN3/c1-10-4-3-5-11(2)20(10)19-15(9-18)13-7-6-12(16)8-14(13)17/h6-8,10-11,15,19H,3-5,9,18H2,1-2H3. The number of hydrogen-bond acceptors (Lipinski definition) is 3. The Bertz CT molecular complexity index is 445. The number of nitrogens with one attached hydrogen (secondary N) is 1.